The van der Waals surface area contributed by atoms with Gasteiger partial charge >= 0.3 is 0 Å². The number of hydrogen-bond acceptors (Lipinski definition) is 1. The zero-order valence-corrected chi connectivity index (χ0v) is 9.97. The molecule has 0 amide bonds. The molecule has 46 valence electrons. The van der Waals surface area contributed by atoms with E-state index in [1.165, 1.54) is 5.56 Å². The molecule has 0 aliphatic carbocycles. The fourth-order valence-electron chi connectivity index (χ4n) is 0.394. The van der Waals surface area contributed by atoms with Gasteiger partial charge in [-0.3, -0.25) is 0 Å². The summed E-state index contributed by atoms with van der Waals surface area (Å²) in [7, 11) is 0. The summed E-state index contributed by atoms with van der Waals surface area (Å²) < 4.78 is 0. The van der Waals surface area contributed by atoms with Gasteiger partial charge in [-0.2, -0.15) is 12.1 Å². The second-order valence-electron chi connectivity index (χ2n) is 1.46. The van der Waals surface area contributed by atoms with Crippen LogP contribution in [0.3, 0.4) is 0 Å². The molecular weight excluding hydrogens is 231 g/mol. The average molecular weight is 238 g/mol. The molecule has 1 nitrogen and oxygen atoms in total. The van der Waals surface area contributed by atoms with Gasteiger partial charge in [-0.25, -0.2) is 0 Å². The van der Waals surface area contributed by atoms with E-state index in [4.69, 9.17) is 0 Å². The van der Waals surface area contributed by atoms with Gasteiger partial charge in [0.15, 0.2) is 0 Å². The van der Waals surface area contributed by atoms with Crippen LogP contribution in [0.15, 0.2) is 18.3 Å². The first-order valence-electron chi connectivity index (χ1n) is 2.18. The maximum Gasteiger partial charge on any atom is 0 e. The Morgan fingerprint density at radius 2 is 2.22 bits per heavy atom. The van der Waals surface area contributed by atoms with E-state index in [0.717, 1.165) is 0 Å². The maximum atomic E-state index is 3.76. The molecule has 0 radical (unpaired) electrons. The molecule has 1 aromatic heterocycles. The third-order valence-electron chi connectivity index (χ3n) is 0.763. The molecule has 0 N–H and O–H groups in total. The van der Waals surface area contributed by atoms with Gasteiger partial charge in [-0.05, 0) is 0 Å². The van der Waals surface area contributed by atoms with E-state index in [1.807, 2.05) is 13.0 Å². The minimum absolute atomic E-state index is 0. The fraction of sp³-hybridized carbons (Fsp3) is 0.167. The van der Waals surface area contributed by atoms with Crippen molar-refractivity contribution in [1.29, 1.82) is 0 Å². The Hall–Kier alpha value is 0.253. The molecule has 0 saturated heterocycles. The zero-order valence-electron chi connectivity index (χ0n) is 5.29. The van der Waals surface area contributed by atoms with Crippen LogP contribution in [0.1, 0.15) is 5.56 Å². The van der Waals surface area contributed by atoms with Gasteiger partial charge in [0.05, 0.1) is 0 Å². The Kier molecular flexibility index (Phi) is 8.49. The summed E-state index contributed by atoms with van der Waals surface area (Å²) in [5.41, 5.74) is 1.18. The summed E-state index contributed by atoms with van der Waals surface area (Å²) >= 11 is 0. The number of hydrogen-bond donors (Lipinski definition) is 0. The van der Waals surface area contributed by atoms with Crippen molar-refractivity contribution in [2.24, 2.45) is 0 Å². The van der Waals surface area contributed by atoms with Crippen molar-refractivity contribution in [1.82, 2.24) is 4.98 Å². The van der Waals surface area contributed by atoms with Gasteiger partial charge in [0.2, 0.25) is 0 Å². The molecule has 1 rings (SSSR count). The van der Waals surface area contributed by atoms with E-state index < -0.39 is 0 Å². The SMILES string of the molecule is Br.Cc1cc[c-]nc1.[Zn]. The Labute approximate surface area is 78.4 Å². The molecule has 0 atom stereocenters. The first-order valence-corrected chi connectivity index (χ1v) is 2.18. The monoisotopic (exact) mass is 236 g/mol. The van der Waals surface area contributed by atoms with E-state index in [1.54, 1.807) is 12.3 Å². The van der Waals surface area contributed by atoms with Crippen LogP contribution in [-0.4, -0.2) is 4.98 Å². The van der Waals surface area contributed by atoms with Crippen LogP contribution in [0.5, 0.6) is 0 Å². The van der Waals surface area contributed by atoms with Crippen LogP contribution in [0.4, 0.5) is 0 Å². The molecule has 0 spiro atoms. The molecule has 0 unspecified atom stereocenters. The summed E-state index contributed by atoms with van der Waals surface area (Å²) in [5, 5.41) is 0. The van der Waals surface area contributed by atoms with Gasteiger partial charge in [0.25, 0.3) is 0 Å². The van der Waals surface area contributed by atoms with E-state index in [2.05, 4.69) is 11.2 Å². The Balaban J connectivity index is 0. The van der Waals surface area contributed by atoms with Crippen molar-refractivity contribution in [2.45, 2.75) is 6.92 Å². The average Bonchev–Trinajstić information content (AvgIpc) is 1.69. The number of aromatic nitrogens is 1. The normalized spacial score (nSPS) is 6.78. The predicted octanol–water partition coefficient (Wildman–Crippen LogP) is 1.77. The molecule has 3 heteroatoms. The van der Waals surface area contributed by atoms with E-state index >= 15 is 0 Å². The van der Waals surface area contributed by atoms with Gasteiger partial charge in [0.1, 0.15) is 0 Å². The van der Waals surface area contributed by atoms with Gasteiger partial charge in [-0.1, -0.05) is 19.3 Å². The topological polar surface area (TPSA) is 12.9 Å². The first-order chi connectivity index (χ1) is 3.39. The molecule has 9 heavy (non-hydrogen) atoms. The molecule has 0 fully saturated rings. The molecule has 0 saturated carbocycles. The first kappa shape index (κ1) is 12.0. The summed E-state index contributed by atoms with van der Waals surface area (Å²) in [6.45, 7) is 2.00. The Morgan fingerprint density at radius 3 is 2.44 bits per heavy atom. The summed E-state index contributed by atoms with van der Waals surface area (Å²) in [6, 6.07) is 3.77. The van der Waals surface area contributed by atoms with Crippen LogP contribution < -0.4 is 0 Å². The Morgan fingerprint density at radius 1 is 1.56 bits per heavy atom. The van der Waals surface area contributed by atoms with E-state index in [9.17, 15) is 0 Å². The van der Waals surface area contributed by atoms with Crippen molar-refractivity contribution >= 4 is 17.0 Å². The number of halogens is 1. The van der Waals surface area contributed by atoms with Crippen LogP contribution >= 0.6 is 17.0 Å². The largest absolute Gasteiger partial charge is 0.394 e. The van der Waals surface area contributed by atoms with E-state index in [-0.39, 0.29) is 36.5 Å². The molecule has 0 aliphatic rings. The van der Waals surface area contributed by atoms with Crippen molar-refractivity contribution in [3.63, 3.8) is 0 Å². The minimum atomic E-state index is 0. The molecule has 1 aromatic rings. The molecular formula is C6H7BrNZn-. The van der Waals surface area contributed by atoms with Crippen molar-refractivity contribution in [3.8, 4) is 0 Å². The third-order valence-corrected chi connectivity index (χ3v) is 0.763. The van der Waals surface area contributed by atoms with Gasteiger partial charge < -0.3 is 4.98 Å². The summed E-state index contributed by atoms with van der Waals surface area (Å²) in [5.74, 6) is 0. The number of rotatable bonds is 0. The van der Waals surface area contributed by atoms with Crippen molar-refractivity contribution in [2.75, 3.05) is 0 Å². The van der Waals surface area contributed by atoms with Gasteiger partial charge in [-0.15, -0.1) is 22.5 Å². The molecule has 0 bridgehead atoms. The number of pyridine rings is 1. The standard InChI is InChI=1S/C6H6N.BrH.Zn/c1-6-3-2-4-7-5-6;;/h2-3,5H,1H3;1H;/q-1;;. The summed E-state index contributed by atoms with van der Waals surface area (Å²) in [4.78, 5) is 3.76. The van der Waals surface area contributed by atoms with E-state index in [0.29, 0.717) is 0 Å². The zero-order chi connectivity index (χ0) is 5.11. The predicted molar refractivity (Wildman–Crippen MR) is 38.1 cm³/mol. The van der Waals surface area contributed by atoms with Crippen LogP contribution in [-0.2, 0) is 19.5 Å². The van der Waals surface area contributed by atoms with Crippen LogP contribution in [0.25, 0.3) is 0 Å². The summed E-state index contributed by atoms with van der Waals surface area (Å²) in [6.07, 6.45) is 4.46. The second kappa shape index (κ2) is 6.37. The number of nitrogens with zero attached hydrogens (tertiary/aromatic N) is 1. The molecule has 1 heterocycles. The number of aryl methyl sites for hydroxylation is 1. The third kappa shape index (κ3) is 4.74. The Bertz CT molecular complexity index is 143. The van der Waals surface area contributed by atoms with Crippen molar-refractivity contribution < 1.29 is 19.5 Å². The van der Waals surface area contributed by atoms with Crippen LogP contribution in [0.2, 0.25) is 0 Å². The fourth-order valence-corrected chi connectivity index (χ4v) is 0.394. The van der Waals surface area contributed by atoms with Crippen LogP contribution in [0, 0.1) is 13.1 Å². The molecule has 0 aliphatic heterocycles. The minimum Gasteiger partial charge on any atom is -0.394 e. The molecule has 0 aromatic carbocycles. The smallest absolute Gasteiger partial charge is 0 e. The second-order valence-corrected chi connectivity index (χ2v) is 1.46. The quantitative estimate of drug-likeness (QED) is 0.496. The van der Waals surface area contributed by atoms with Crippen molar-refractivity contribution in [3.05, 3.63) is 30.1 Å². The maximum absolute atomic E-state index is 3.76. The van der Waals surface area contributed by atoms with Gasteiger partial charge in [0, 0.05) is 19.5 Å².